The Bertz CT molecular complexity index is 387. The lowest BCUT2D eigenvalue weighted by Gasteiger charge is -2.05. The molecule has 1 rings (SSSR count). The highest BCUT2D eigenvalue weighted by Crippen LogP contribution is 2.24. The first-order valence-corrected chi connectivity index (χ1v) is 4.65. The molecule has 0 spiro atoms. The quantitative estimate of drug-likeness (QED) is 0.609. The van der Waals surface area contributed by atoms with Crippen LogP contribution in [0.15, 0.2) is 6.07 Å². The Hall–Kier alpha value is -1.09. The minimum Gasteiger partial charge on any atom is -0.217 e. The maximum Gasteiger partial charge on any atom is 0.280 e. The molecule has 6 heteroatoms. The van der Waals surface area contributed by atoms with Crippen molar-refractivity contribution in [2.24, 2.45) is 0 Å². The average Bonchev–Trinajstić information content (AvgIpc) is 2.17. The number of rotatable bonds is 2. The van der Waals surface area contributed by atoms with Gasteiger partial charge in [0.1, 0.15) is 17.3 Å². The molecule has 0 fully saturated rings. The van der Waals surface area contributed by atoms with E-state index in [0.717, 1.165) is 6.07 Å². The third kappa shape index (κ3) is 2.04. The number of hydrogen-bond acceptors (Lipinski definition) is 2. The van der Waals surface area contributed by atoms with Gasteiger partial charge in [-0.2, -0.15) is 9.65 Å². The van der Waals surface area contributed by atoms with E-state index < -0.39 is 18.1 Å². The molecule has 2 nitrogen and oxygen atoms in total. The number of alkyl halides is 3. The summed E-state index contributed by atoms with van der Waals surface area (Å²) in [4.78, 5) is 3.05. The van der Waals surface area contributed by atoms with Gasteiger partial charge in [-0.3, -0.25) is 0 Å². The zero-order chi connectivity index (χ0) is 10.7. The van der Waals surface area contributed by atoms with Gasteiger partial charge in [-0.15, -0.1) is 0 Å². The Kier molecular flexibility index (Phi) is 3.47. The second-order valence-corrected chi connectivity index (χ2v) is 2.98. The largest absolute Gasteiger partial charge is 0.280 e. The summed E-state index contributed by atoms with van der Waals surface area (Å²) in [6, 6.07) is 2.60. The van der Waals surface area contributed by atoms with Crippen LogP contribution in [0.3, 0.4) is 0 Å². The molecule has 0 bridgehead atoms. The first kappa shape index (κ1) is 11.0. The summed E-state index contributed by atoms with van der Waals surface area (Å²) in [5.74, 6) is -1.16. The molecule has 1 aromatic heterocycles. The van der Waals surface area contributed by atoms with Crippen LogP contribution in [0.4, 0.5) is 13.2 Å². The first-order valence-electron chi connectivity index (χ1n) is 3.53. The fourth-order valence-corrected chi connectivity index (χ4v) is 1.37. The molecule has 74 valence electrons. The minimum absolute atomic E-state index is 0.106. The van der Waals surface area contributed by atoms with Gasteiger partial charge in [0.25, 0.3) is 6.43 Å². The van der Waals surface area contributed by atoms with Crippen LogP contribution >= 0.6 is 15.9 Å². The minimum atomic E-state index is -2.84. The van der Waals surface area contributed by atoms with E-state index in [9.17, 15) is 13.2 Å². The van der Waals surface area contributed by atoms with Crippen LogP contribution in [-0.4, -0.2) is 4.98 Å². The standard InChI is InChI=1S/C8H4BrF3N2/c9-2-4-1-5(3-13)8(12)14-6(4)7(10)11/h1,7H,2H2. The number of nitrogens with zero attached hydrogens (tertiary/aromatic N) is 2. The molecule has 0 atom stereocenters. The smallest absolute Gasteiger partial charge is 0.217 e. The molecule has 0 unspecified atom stereocenters. The van der Waals surface area contributed by atoms with Gasteiger partial charge in [0, 0.05) is 5.33 Å². The van der Waals surface area contributed by atoms with E-state index in [1.54, 1.807) is 0 Å². The van der Waals surface area contributed by atoms with Crippen molar-refractivity contribution in [2.45, 2.75) is 11.8 Å². The predicted molar refractivity (Wildman–Crippen MR) is 46.5 cm³/mol. The lowest BCUT2D eigenvalue weighted by atomic mass is 10.1. The van der Waals surface area contributed by atoms with Crippen molar-refractivity contribution < 1.29 is 13.2 Å². The number of nitriles is 1. The van der Waals surface area contributed by atoms with Crippen molar-refractivity contribution in [2.75, 3.05) is 0 Å². The van der Waals surface area contributed by atoms with Gasteiger partial charge in [0.15, 0.2) is 0 Å². The Labute approximate surface area is 86.5 Å². The Morgan fingerprint density at radius 1 is 1.57 bits per heavy atom. The van der Waals surface area contributed by atoms with E-state index in [2.05, 4.69) is 20.9 Å². The molecule has 1 aromatic rings. The summed E-state index contributed by atoms with van der Waals surface area (Å²) in [7, 11) is 0. The monoisotopic (exact) mass is 264 g/mol. The van der Waals surface area contributed by atoms with Crippen LogP contribution < -0.4 is 0 Å². The molecule has 0 aliphatic rings. The molecule has 0 saturated heterocycles. The van der Waals surface area contributed by atoms with Gasteiger partial charge >= 0.3 is 0 Å². The van der Waals surface area contributed by atoms with Gasteiger partial charge in [-0.1, -0.05) is 15.9 Å². The molecule has 0 saturated carbocycles. The van der Waals surface area contributed by atoms with Gasteiger partial charge in [-0.25, -0.2) is 13.8 Å². The molecular formula is C8H4BrF3N2. The van der Waals surface area contributed by atoms with Crippen LogP contribution in [0.2, 0.25) is 0 Å². The van der Waals surface area contributed by atoms with Gasteiger partial charge in [0.05, 0.1) is 0 Å². The molecule has 0 aliphatic carbocycles. The molecule has 0 radical (unpaired) electrons. The maximum absolute atomic E-state index is 12.8. The van der Waals surface area contributed by atoms with E-state index in [0.29, 0.717) is 0 Å². The number of halogens is 4. The molecule has 0 amide bonds. The molecule has 0 aromatic carbocycles. The number of hydrogen-bond donors (Lipinski definition) is 0. The Morgan fingerprint density at radius 3 is 2.64 bits per heavy atom. The SMILES string of the molecule is N#Cc1cc(CBr)c(C(F)F)nc1F. The second kappa shape index (κ2) is 4.42. The summed E-state index contributed by atoms with van der Waals surface area (Å²) >= 11 is 2.96. The summed E-state index contributed by atoms with van der Waals surface area (Å²) in [5, 5.41) is 8.54. The Balaban J connectivity index is 3.33. The zero-order valence-corrected chi connectivity index (χ0v) is 8.35. The van der Waals surface area contributed by atoms with E-state index in [4.69, 9.17) is 5.26 Å². The number of aromatic nitrogens is 1. The van der Waals surface area contributed by atoms with Crippen LogP contribution in [0.1, 0.15) is 23.2 Å². The highest BCUT2D eigenvalue weighted by molar-refractivity contribution is 9.08. The van der Waals surface area contributed by atoms with Crippen molar-refractivity contribution in [3.63, 3.8) is 0 Å². The summed E-state index contributed by atoms with van der Waals surface area (Å²) < 4.78 is 37.4. The lowest BCUT2D eigenvalue weighted by molar-refractivity contribution is 0.144. The highest BCUT2D eigenvalue weighted by atomic mass is 79.9. The fraction of sp³-hybridized carbons (Fsp3) is 0.250. The average molecular weight is 265 g/mol. The summed E-state index contributed by atoms with van der Waals surface area (Å²) in [6.07, 6.45) is -2.84. The van der Waals surface area contributed by atoms with Gasteiger partial charge in [-0.05, 0) is 11.6 Å². The lowest BCUT2D eigenvalue weighted by Crippen LogP contribution is -2.01. The van der Waals surface area contributed by atoms with E-state index in [1.807, 2.05) is 0 Å². The summed E-state index contributed by atoms with van der Waals surface area (Å²) in [5.41, 5.74) is -0.833. The molecule has 0 N–H and O–H groups in total. The van der Waals surface area contributed by atoms with Crippen LogP contribution in [0, 0.1) is 17.3 Å². The molecule has 14 heavy (non-hydrogen) atoms. The number of pyridine rings is 1. The second-order valence-electron chi connectivity index (χ2n) is 2.42. The van der Waals surface area contributed by atoms with Gasteiger partial charge in [0.2, 0.25) is 5.95 Å². The van der Waals surface area contributed by atoms with E-state index >= 15 is 0 Å². The van der Waals surface area contributed by atoms with Gasteiger partial charge < -0.3 is 0 Å². The zero-order valence-electron chi connectivity index (χ0n) is 6.77. The molecular weight excluding hydrogens is 261 g/mol. The third-order valence-corrected chi connectivity index (χ3v) is 2.16. The topological polar surface area (TPSA) is 36.7 Å². The summed E-state index contributed by atoms with van der Waals surface area (Å²) in [6.45, 7) is 0. The van der Waals surface area contributed by atoms with Crippen LogP contribution in [-0.2, 0) is 5.33 Å². The van der Waals surface area contributed by atoms with Crippen molar-refractivity contribution in [3.8, 4) is 6.07 Å². The fourth-order valence-electron chi connectivity index (χ4n) is 0.920. The Morgan fingerprint density at radius 2 is 2.21 bits per heavy atom. The highest BCUT2D eigenvalue weighted by Gasteiger charge is 2.17. The predicted octanol–water partition coefficient (Wildman–Crippen LogP) is 2.92. The van der Waals surface area contributed by atoms with E-state index in [1.165, 1.54) is 6.07 Å². The normalized spacial score (nSPS) is 10.3. The van der Waals surface area contributed by atoms with Crippen molar-refractivity contribution in [1.82, 2.24) is 4.98 Å². The van der Waals surface area contributed by atoms with Crippen LogP contribution in [0.25, 0.3) is 0 Å². The molecule has 1 heterocycles. The maximum atomic E-state index is 12.8. The van der Waals surface area contributed by atoms with Crippen molar-refractivity contribution >= 4 is 15.9 Å². The van der Waals surface area contributed by atoms with Crippen LogP contribution in [0.5, 0.6) is 0 Å². The van der Waals surface area contributed by atoms with Crippen molar-refractivity contribution in [1.29, 1.82) is 5.26 Å². The van der Waals surface area contributed by atoms with E-state index in [-0.39, 0.29) is 16.5 Å². The molecule has 0 aliphatic heterocycles. The third-order valence-electron chi connectivity index (χ3n) is 1.56. The van der Waals surface area contributed by atoms with Crippen molar-refractivity contribution in [3.05, 3.63) is 28.8 Å². The first-order chi connectivity index (χ1) is 6.60.